The monoisotopic (exact) mass is 326 g/mol. The number of rotatable bonds is 7. The zero-order valence-electron chi connectivity index (χ0n) is 15.1. The first-order valence-electron chi connectivity index (χ1n) is 9.12. The molecule has 1 N–H and O–H groups in total. The number of nitrogens with zero attached hydrogens (tertiary/aromatic N) is 3. The molecular weight excluding hydrogens is 292 g/mol. The molecule has 0 aromatic carbocycles. The Hall–Kier alpha value is -0.690. The molecule has 1 unspecified atom stereocenters. The highest BCUT2D eigenvalue weighted by Crippen LogP contribution is 2.07. The Labute approximate surface area is 141 Å². The topological polar surface area (TPSA) is 48.0 Å². The van der Waals surface area contributed by atoms with Gasteiger partial charge in [0.2, 0.25) is 5.91 Å². The molecule has 2 aliphatic heterocycles. The number of likely N-dealkylation sites (N-methyl/N-ethyl adjacent to an activating group) is 1. The summed E-state index contributed by atoms with van der Waals surface area (Å²) in [5.74, 6) is 0.796. The lowest BCUT2D eigenvalue weighted by Crippen LogP contribution is -2.51. The van der Waals surface area contributed by atoms with Crippen LogP contribution in [0.25, 0.3) is 0 Å². The summed E-state index contributed by atoms with van der Waals surface area (Å²) < 4.78 is 5.78. The van der Waals surface area contributed by atoms with Crippen molar-refractivity contribution < 1.29 is 9.53 Å². The van der Waals surface area contributed by atoms with Gasteiger partial charge in [-0.25, -0.2) is 0 Å². The van der Waals surface area contributed by atoms with E-state index in [-0.39, 0.29) is 12.0 Å². The van der Waals surface area contributed by atoms with Gasteiger partial charge in [-0.2, -0.15) is 0 Å². The molecule has 2 heterocycles. The highest BCUT2D eigenvalue weighted by Gasteiger charge is 2.22. The molecule has 0 bridgehead atoms. The van der Waals surface area contributed by atoms with Crippen molar-refractivity contribution in [2.75, 3.05) is 72.1 Å². The van der Waals surface area contributed by atoms with Gasteiger partial charge in [0, 0.05) is 52.4 Å². The number of morpholine rings is 1. The molecule has 0 aromatic heterocycles. The zero-order chi connectivity index (χ0) is 16.7. The van der Waals surface area contributed by atoms with Crippen molar-refractivity contribution in [2.45, 2.75) is 26.9 Å². The number of ether oxygens (including phenoxy) is 1. The van der Waals surface area contributed by atoms with E-state index in [0.29, 0.717) is 19.0 Å². The van der Waals surface area contributed by atoms with Crippen LogP contribution in [0.1, 0.15) is 20.8 Å². The van der Waals surface area contributed by atoms with E-state index in [9.17, 15) is 4.79 Å². The van der Waals surface area contributed by atoms with Gasteiger partial charge in [0.25, 0.3) is 0 Å². The summed E-state index contributed by atoms with van der Waals surface area (Å²) in [6.45, 7) is 16.8. The van der Waals surface area contributed by atoms with Crippen LogP contribution in [0.2, 0.25) is 0 Å². The SMILES string of the molecule is CCN1CCN(CC(=O)NCC2CN(CC(C)C)CCO2)CC1. The molecule has 134 valence electrons. The van der Waals surface area contributed by atoms with E-state index in [1.165, 1.54) is 0 Å². The fourth-order valence-electron chi connectivity index (χ4n) is 3.34. The van der Waals surface area contributed by atoms with Gasteiger partial charge in [-0.1, -0.05) is 20.8 Å². The second-order valence-electron chi connectivity index (χ2n) is 7.16. The highest BCUT2D eigenvalue weighted by atomic mass is 16.5. The zero-order valence-corrected chi connectivity index (χ0v) is 15.1. The fourth-order valence-corrected chi connectivity index (χ4v) is 3.34. The first-order valence-corrected chi connectivity index (χ1v) is 9.12. The first kappa shape index (κ1) is 18.6. The first-order chi connectivity index (χ1) is 11.1. The predicted octanol–water partition coefficient (Wildman–Crippen LogP) is 0.0969. The molecule has 2 rings (SSSR count). The Bertz CT molecular complexity index is 357. The van der Waals surface area contributed by atoms with Crippen LogP contribution in [0.15, 0.2) is 0 Å². The van der Waals surface area contributed by atoms with Gasteiger partial charge >= 0.3 is 0 Å². The van der Waals surface area contributed by atoms with Crippen molar-refractivity contribution >= 4 is 5.91 Å². The minimum absolute atomic E-state index is 0.125. The van der Waals surface area contributed by atoms with E-state index in [1.807, 2.05) is 0 Å². The second-order valence-corrected chi connectivity index (χ2v) is 7.16. The Balaban J connectivity index is 1.62. The van der Waals surface area contributed by atoms with Crippen LogP contribution >= 0.6 is 0 Å². The van der Waals surface area contributed by atoms with Gasteiger partial charge < -0.3 is 15.0 Å². The standard InChI is InChI=1S/C17H34N4O2/c1-4-19-5-7-20(8-6-19)14-17(22)18-11-16-13-21(9-10-23-16)12-15(2)3/h15-16H,4-14H2,1-3H3,(H,18,22). The average Bonchev–Trinajstić information content (AvgIpc) is 2.53. The quantitative estimate of drug-likeness (QED) is 0.719. The summed E-state index contributed by atoms with van der Waals surface area (Å²) >= 11 is 0. The van der Waals surface area contributed by atoms with Crippen molar-refractivity contribution in [3.05, 3.63) is 0 Å². The third-order valence-corrected chi connectivity index (χ3v) is 4.65. The molecule has 6 heteroatoms. The van der Waals surface area contributed by atoms with Gasteiger partial charge in [-0.15, -0.1) is 0 Å². The second kappa shape index (κ2) is 9.57. The third-order valence-electron chi connectivity index (χ3n) is 4.65. The number of piperazine rings is 1. The highest BCUT2D eigenvalue weighted by molar-refractivity contribution is 5.78. The average molecular weight is 326 g/mol. The number of carbonyl (C=O) groups is 1. The van der Waals surface area contributed by atoms with Crippen LogP contribution in [-0.4, -0.2) is 98.8 Å². The van der Waals surface area contributed by atoms with Crippen LogP contribution in [0.5, 0.6) is 0 Å². The summed E-state index contributed by atoms with van der Waals surface area (Å²) in [7, 11) is 0. The maximum atomic E-state index is 12.1. The maximum absolute atomic E-state index is 12.1. The van der Waals surface area contributed by atoms with E-state index < -0.39 is 0 Å². The summed E-state index contributed by atoms with van der Waals surface area (Å²) in [6, 6.07) is 0. The van der Waals surface area contributed by atoms with Crippen LogP contribution in [0.3, 0.4) is 0 Å². The molecule has 0 spiro atoms. The molecule has 23 heavy (non-hydrogen) atoms. The van der Waals surface area contributed by atoms with E-state index >= 15 is 0 Å². The summed E-state index contributed by atoms with van der Waals surface area (Å²) in [4.78, 5) is 19.2. The normalized spacial score (nSPS) is 25.0. The number of hydrogen-bond acceptors (Lipinski definition) is 5. The molecule has 0 aliphatic carbocycles. The lowest BCUT2D eigenvalue weighted by Gasteiger charge is -2.35. The largest absolute Gasteiger partial charge is 0.374 e. The van der Waals surface area contributed by atoms with Gasteiger partial charge in [-0.05, 0) is 12.5 Å². The van der Waals surface area contributed by atoms with Crippen LogP contribution in [0.4, 0.5) is 0 Å². The Morgan fingerprint density at radius 1 is 1.13 bits per heavy atom. The van der Waals surface area contributed by atoms with Crippen molar-refractivity contribution in [1.29, 1.82) is 0 Å². The Kier molecular flexibility index (Phi) is 7.76. The van der Waals surface area contributed by atoms with Crippen molar-refractivity contribution in [3.8, 4) is 0 Å². The molecule has 2 fully saturated rings. The molecule has 2 aliphatic rings. The lowest BCUT2D eigenvalue weighted by molar-refractivity contribution is -0.123. The van der Waals surface area contributed by atoms with Crippen LogP contribution in [-0.2, 0) is 9.53 Å². The van der Waals surface area contributed by atoms with Crippen LogP contribution in [0, 0.1) is 5.92 Å². The Morgan fingerprint density at radius 2 is 1.83 bits per heavy atom. The van der Waals surface area contributed by atoms with Crippen LogP contribution < -0.4 is 5.32 Å². The van der Waals surface area contributed by atoms with E-state index in [4.69, 9.17) is 4.74 Å². The van der Waals surface area contributed by atoms with Gasteiger partial charge in [-0.3, -0.25) is 14.6 Å². The minimum atomic E-state index is 0.125. The molecule has 6 nitrogen and oxygen atoms in total. The van der Waals surface area contributed by atoms with Crippen molar-refractivity contribution in [2.24, 2.45) is 5.92 Å². The molecule has 0 radical (unpaired) electrons. The molecule has 2 saturated heterocycles. The third kappa shape index (κ3) is 6.75. The molecule has 0 saturated carbocycles. The number of hydrogen-bond donors (Lipinski definition) is 1. The van der Waals surface area contributed by atoms with Gasteiger partial charge in [0.05, 0.1) is 19.3 Å². The number of carbonyl (C=O) groups excluding carboxylic acids is 1. The van der Waals surface area contributed by atoms with E-state index in [2.05, 4.69) is 40.8 Å². The molecule has 1 atom stereocenters. The fraction of sp³-hybridized carbons (Fsp3) is 0.941. The minimum Gasteiger partial charge on any atom is -0.374 e. The molecular formula is C17H34N4O2. The van der Waals surface area contributed by atoms with Gasteiger partial charge in [0.1, 0.15) is 0 Å². The predicted molar refractivity (Wildman–Crippen MR) is 92.6 cm³/mol. The maximum Gasteiger partial charge on any atom is 0.234 e. The smallest absolute Gasteiger partial charge is 0.234 e. The number of nitrogens with one attached hydrogen (secondary N) is 1. The van der Waals surface area contributed by atoms with Gasteiger partial charge in [0.15, 0.2) is 0 Å². The summed E-state index contributed by atoms with van der Waals surface area (Å²) in [5.41, 5.74) is 0. The Morgan fingerprint density at radius 3 is 2.48 bits per heavy atom. The molecule has 0 aromatic rings. The van der Waals surface area contributed by atoms with Crippen molar-refractivity contribution in [1.82, 2.24) is 20.0 Å². The van der Waals surface area contributed by atoms with E-state index in [0.717, 1.165) is 59.0 Å². The van der Waals surface area contributed by atoms with Crippen molar-refractivity contribution in [3.63, 3.8) is 0 Å². The lowest BCUT2D eigenvalue weighted by atomic mass is 10.2. The summed E-state index contributed by atoms with van der Waals surface area (Å²) in [5, 5.41) is 3.05. The van der Waals surface area contributed by atoms with E-state index in [1.54, 1.807) is 0 Å². The number of amides is 1. The molecule has 1 amide bonds. The summed E-state index contributed by atoms with van der Waals surface area (Å²) in [6.07, 6.45) is 0.128.